The molecule has 0 amide bonds. The Morgan fingerprint density at radius 3 is 1.96 bits per heavy atom. The first-order chi connectivity index (χ1) is 13.8. The molecule has 0 unspecified atom stereocenters. The summed E-state index contributed by atoms with van der Waals surface area (Å²) in [5.74, 6) is 1.69. The van der Waals surface area contributed by atoms with Gasteiger partial charge in [-0.3, -0.25) is 0 Å². The molecular formula is C24H16ClNOS. The molecule has 0 N–H and O–H groups in total. The average Bonchev–Trinajstić information content (AvgIpc) is 2.74. The van der Waals surface area contributed by atoms with Crippen molar-refractivity contribution in [3.05, 3.63) is 102 Å². The van der Waals surface area contributed by atoms with Crippen molar-refractivity contribution in [1.82, 2.24) is 0 Å². The summed E-state index contributed by atoms with van der Waals surface area (Å²) in [5.41, 5.74) is 3.25. The summed E-state index contributed by atoms with van der Waals surface area (Å²) in [7, 11) is 0. The predicted molar refractivity (Wildman–Crippen MR) is 117 cm³/mol. The van der Waals surface area contributed by atoms with Crippen LogP contribution in [0.1, 0.15) is 0 Å². The van der Waals surface area contributed by atoms with Crippen LogP contribution in [0, 0.1) is 0 Å². The molecule has 0 spiro atoms. The Labute approximate surface area is 173 Å². The van der Waals surface area contributed by atoms with Crippen LogP contribution >= 0.6 is 23.4 Å². The molecule has 4 aromatic carbocycles. The molecule has 4 aromatic rings. The molecule has 5 rings (SSSR count). The minimum absolute atomic E-state index is 0.717. The topological polar surface area (TPSA) is 12.5 Å². The van der Waals surface area contributed by atoms with Gasteiger partial charge in [-0.05, 0) is 54.6 Å². The van der Waals surface area contributed by atoms with Gasteiger partial charge in [-0.25, -0.2) is 0 Å². The van der Waals surface area contributed by atoms with Crippen molar-refractivity contribution < 1.29 is 4.74 Å². The molecule has 0 saturated heterocycles. The van der Waals surface area contributed by atoms with E-state index in [0.29, 0.717) is 5.02 Å². The number of ether oxygens (including phenoxy) is 1. The van der Waals surface area contributed by atoms with Crippen molar-refractivity contribution >= 4 is 40.4 Å². The zero-order valence-corrected chi connectivity index (χ0v) is 16.5. The number of nitrogens with zero attached hydrogens (tertiary/aromatic N) is 1. The first-order valence-corrected chi connectivity index (χ1v) is 10.2. The average molecular weight is 402 g/mol. The Balaban J connectivity index is 1.59. The number of hydrogen-bond donors (Lipinski definition) is 0. The molecule has 0 saturated carbocycles. The van der Waals surface area contributed by atoms with E-state index in [-0.39, 0.29) is 0 Å². The van der Waals surface area contributed by atoms with Crippen LogP contribution in [0.4, 0.5) is 17.1 Å². The zero-order chi connectivity index (χ0) is 18.9. The third-order valence-corrected chi connectivity index (χ3v) is 5.89. The van der Waals surface area contributed by atoms with E-state index in [2.05, 4.69) is 71.6 Å². The van der Waals surface area contributed by atoms with Gasteiger partial charge in [-0.1, -0.05) is 59.8 Å². The van der Waals surface area contributed by atoms with Gasteiger partial charge < -0.3 is 9.64 Å². The number of halogens is 1. The van der Waals surface area contributed by atoms with Gasteiger partial charge in [0, 0.05) is 28.2 Å². The van der Waals surface area contributed by atoms with Crippen LogP contribution < -0.4 is 9.64 Å². The molecule has 0 aromatic heterocycles. The fourth-order valence-corrected chi connectivity index (χ4v) is 4.49. The van der Waals surface area contributed by atoms with Gasteiger partial charge in [0.15, 0.2) is 0 Å². The highest BCUT2D eigenvalue weighted by Crippen LogP contribution is 2.49. The van der Waals surface area contributed by atoms with Crippen LogP contribution in [0.3, 0.4) is 0 Å². The number of hydrogen-bond acceptors (Lipinski definition) is 3. The molecule has 0 radical (unpaired) electrons. The highest BCUT2D eigenvalue weighted by atomic mass is 35.5. The van der Waals surface area contributed by atoms with Crippen molar-refractivity contribution in [2.75, 3.05) is 4.90 Å². The molecule has 28 heavy (non-hydrogen) atoms. The van der Waals surface area contributed by atoms with Gasteiger partial charge in [0.2, 0.25) is 0 Å². The maximum absolute atomic E-state index is 6.19. The van der Waals surface area contributed by atoms with E-state index in [1.807, 2.05) is 30.3 Å². The SMILES string of the molecule is Clc1ccc2c(c1)Sc1ccc(N(c3ccccc3)c3ccccc3)cc1O2. The molecule has 136 valence electrons. The molecule has 0 bridgehead atoms. The quantitative estimate of drug-likeness (QED) is 0.303. The van der Waals surface area contributed by atoms with Gasteiger partial charge >= 0.3 is 0 Å². The Morgan fingerprint density at radius 1 is 0.607 bits per heavy atom. The molecule has 0 atom stereocenters. The van der Waals surface area contributed by atoms with Crippen LogP contribution in [-0.4, -0.2) is 0 Å². The lowest BCUT2D eigenvalue weighted by molar-refractivity contribution is 0.455. The lowest BCUT2D eigenvalue weighted by atomic mass is 10.2. The highest BCUT2D eigenvalue weighted by Gasteiger charge is 2.20. The lowest BCUT2D eigenvalue weighted by Crippen LogP contribution is -2.10. The van der Waals surface area contributed by atoms with E-state index >= 15 is 0 Å². The fourth-order valence-electron chi connectivity index (χ4n) is 3.28. The van der Waals surface area contributed by atoms with Crippen molar-refractivity contribution in [1.29, 1.82) is 0 Å². The third-order valence-electron chi connectivity index (χ3n) is 4.56. The summed E-state index contributed by atoms with van der Waals surface area (Å²) in [6.07, 6.45) is 0. The molecular weight excluding hydrogens is 386 g/mol. The first-order valence-electron chi connectivity index (χ1n) is 8.97. The van der Waals surface area contributed by atoms with Gasteiger partial charge in [-0.15, -0.1) is 0 Å². The first kappa shape index (κ1) is 17.2. The Morgan fingerprint density at radius 2 is 1.29 bits per heavy atom. The number of rotatable bonds is 3. The van der Waals surface area contributed by atoms with Gasteiger partial charge in [0.1, 0.15) is 11.5 Å². The number of fused-ring (bicyclic) bond motifs is 2. The van der Waals surface area contributed by atoms with Crippen LogP contribution in [0.25, 0.3) is 0 Å². The minimum atomic E-state index is 0.717. The number of anilines is 3. The highest BCUT2D eigenvalue weighted by molar-refractivity contribution is 7.99. The van der Waals surface area contributed by atoms with Gasteiger partial charge in [0.25, 0.3) is 0 Å². The van der Waals surface area contributed by atoms with Crippen molar-refractivity contribution in [3.63, 3.8) is 0 Å². The van der Waals surface area contributed by atoms with E-state index < -0.39 is 0 Å². The second-order valence-electron chi connectivity index (χ2n) is 6.43. The summed E-state index contributed by atoms with van der Waals surface area (Å²) < 4.78 is 6.19. The van der Waals surface area contributed by atoms with E-state index in [1.165, 1.54) is 0 Å². The van der Waals surface area contributed by atoms with Crippen molar-refractivity contribution in [3.8, 4) is 11.5 Å². The van der Waals surface area contributed by atoms with Crippen molar-refractivity contribution in [2.45, 2.75) is 9.79 Å². The summed E-state index contributed by atoms with van der Waals surface area (Å²) in [6.45, 7) is 0. The standard InChI is InChI=1S/C24H16ClNOS/c25-17-11-13-21-24(15-17)28-23-14-12-20(16-22(23)27-21)26(18-7-3-1-4-8-18)19-9-5-2-6-10-19/h1-16H. The molecule has 1 aliphatic heterocycles. The van der Waals surface area contributed by atoms with E-state index in [9.17, 15) is 0 Å². The lowest BCUT2D eigenvalue weighted by Gasteiger charge is -2.27. The predicted octanol–water partition coefficient (Wildman–Crippen LogP) is 8.07. The largest absolute Gasteiger partial charge is 0.455 e. The van der Waals surface area contributed by atoms with Crippen LogP contribution in [-0.2, 0) is 0 Å². The monoisotopic (exact) mass is 401 g/mol. The maximum Gasteiger partial charge on any atom is 0.143 e. The van der Waals surface area contributed by atoms with E-state index in [4.69, 9.17) is 16.3 Å². The summed E-state index contributed by atoms with van der Waals surface area (Å²) >= 11 is 7.81. The second-order valence-corrected chi connectivity index (χ2v) is 7.95. The van der Waals surface area contributed by atoms with Gasteiger partial charge in [-0.2, -0.15) is 0 Å². The van der Waals surface area contributed by atoms with Gasteiger partial charge in [0.05, 0.1) is 9.79 Å². The second kappa shape index (κ2) is 7.27. The molecule has 1 heterocycles. The molecule has 0 aliphatic carbocycles. The summed E-state index contributed by atoms with van der Waals surface area (Å²) in [4.78, 5) is 4.35. The molecule has 0 fully saturated rings. The van der Waals surface area contributed by atoms with E-state index in [1.54, 1.807) is 11.8 Å². The Bertz CT molecular complexity index is 1090. The molecule has 4 heteroatoms. The van der Waals surface area contributed by atoms with Crippen LogP contribution in [0.2, 0.25) is 5.02 Å². The summed E-state index contributed by atoms with van der Waals surface area (Å²) in [5, 5.41) is 0.717. The minimum Gasteiger partial charge on any atom is -0.455 e. The third kappa shape index (κ3) is 3.24. The van der Waals surface area contributed by atoms with Crippen LogP contribution in [0.5, 0.6) is 11.5 Å². The fraction of sp³-hybridized carbons (Fsp3) is 0. The zero-order valence-electron chi connectivity index (χ0n) is 14.9. The van der Waals surface area contributed by atoms with E-state index in [0.717, 1.165) is 38.4 Å². The Kier molecular flexibility index (Phi) is 4.47. The molecule has 2 nitrogen and oxygen atoms in total. The van der Waals surface area contributed by atoms with Crippen LogP contribution in [0.15, 0.2) is 107 Å². The number of para-hydroxylation sites is 2. The Hall–Kier alpha value is -2.88. The summed E-state index contributed by atoms with van der Waals surface area (Å²) in [6, 6.07) is 32.8. The maximum atomic E-state index is 6.19. The smallest absolute Gasteiger partial charge is 0.143 e. The molecule has 1 aliphatic rings. The number of benzene rings is 4. The normalized spacial score (nSPS) is 11.9. The van der Waals surface area contributed by atoms with Crippen molar-refractivity contribution in [2.24, 2.45) is 0 Å².